The molecule has 0 radical (unpaired) electrons. The summed E-state index contributed by atoms with van der Waals surface area (Å²) in [5, 5.41) is 4.81. The average molecular weight is 400 g/mol. The molecule has 0 bridgehead atoms. The van der Waals surface area contributed by atoms with Gasteiger partial charge < -0.3 is 15.1 Å². The molecule has 0 unspecified atom stereocenters. The minimum Gasteiger partial charge on any atom is -0.350 e. The van der Waals surface area contributed by atoms with Gasteiger partial charge in [0.05, 0.1) is 19.0 Å². The van der Waals surface area contributed by atoms with Crippen molar-refractivity contribution < 1.29 is 14.4 Å². The maximum atomic E-state index is 12.9. The summed E-state index contributed by atoms with van der Waals surface area (Å²) >= 11 is 1.58. The predicted octanol–water partition coefficient (Wildman–Crippen LogP) is 2.26. The molecule has 1 saturated heterocycles. The number of benzene rings is 1. The summed E-state index contributed by atoms with van der Waals surface area (Å²) in [6.07, 6.45) is 0.207. The smallest absolute Gasteiger partial charge is 0.239 e. The highest BCUT2D eigenvalue weighted by Crippen LogP contribution is 2.22. The van der Waals surface area contributed by atoms with Crippen molar-refractivity contribution >= 4 is 29.1 Å². The minimum atomic E-state index is -0.388. The molecule has 1 aromatic carbocycles. The summed E-state index contributed by atoms with van der Waals surface area (Å²) in [7, 11) is 0. The van der Waals surface area contributed by atoms with Crippen LogP contribution in [0.15, 0.2) is 47.8 Å². The van der Waals surface area contributed by atoms with Gasteiger partial charge in [0.15, 0.2) is 0 Å². The fourth-order valence-electron chi connectivity index (χ4n) is 3.33. The lowest BCUT2D eigenvalue weighted by atomic mass is 10.1. The second-order valence-electron chi connectivity index (χ2n) is 6.87. The number of likely N-dealkylation sites (N-methyl/N-ethyl adjacent to an activating group) is 1. The third-order valence-corrected chi connectivity index (χ3v) is 5.72. The Morgan fingerprint density at radius 3 is 2.68 bits per heavy atom. The Bertz CT molecular complexity index is 808. The summed E-state index contributed by atoms with van der Waals surface area (Å²) in [6, 6.07) is 13.6. The molecule has 28 heavy (non-hydrogen) atoms. The molecule has 1 fully saturated rings. The van der Waals surface area contributed by atoms with Gasteiger partial charge in [0.2, 0.25) is 17.7 Å². The first-order valence-corrected chi connectivity index (χ1v) is 10.3. The van der Waals surface area contributed by atoms with Crippen molar-refractivity contribution in [2.24, 2.45) is 5.92 Å². The molecule has 6 nitrogen and oxygen atoms in total. The molecule has 3 amide bonds. The van der Waals surface area contributed by atoms with Crippen LogP contribution in [0.1, 0.15) is 23.8 Å². The maximum absolute atomic E-state index is 12.9. The van der Waals surface area contributed by atoms with E-state index in [0.29, 0.717) is 26.2 Å². The van der Waals surface area contributed by atoms with E-state index in [2.05, 4.69) is 5.32 Å². The van der Waals surface area contributed by atoms with Crippen molar-refractivity contribution in [3.63, 3.8) is 0 Å². The van der Waals surface area contributed by atoms with Gasteiger partial charge in [0.1, 0.15) is 0 Å². The zero-order valence-corrected chi connectivity index (χ0v) is 16.8. The van der Waals surface area contributed by atoms with E-state index in [9.17, 15) is 14.4 Å². The third kappa shape index (κ3) is 5.19. The van der Waals surface area contributed by atoms with Crippen molar-refractivity contribution in [2.45, 2.75) is 26.4 Å². The van der Waals surface area contributed by atoms with Crippen LogP contribution in [0.2, 0.25) is 0 Å². The van der Waals surface area contributed by atoms with E-state index in [1.807, 2.05) is 54.8 Å². The van der Waals surface area contributed by atoms with Gasteiger partial charge in [0, 0.05) is 30.9 Å². The zero-order valence-electron chi connectivity index (χ0n) is 16.0. The van der Waals surface area contributed by atoms with E-state index in [1.165, 1.54) is 4.90 Å². The number of nitrogens with zero attached hydrogens (tertiary/aromatic N) is 2. The monoisotopic (exact) mass is 399 g/mol. The molecule has 1 aliphatic rings. The van der Waals surface area contributed by atoms with Gasteiger partial charge in [-0.15, -0.1) is 11.3 Å². The Morgan fingerprint density at radius 2 is 2.00 bits per heavy atom. The van der Waals surface area contributed by atoms with Crippen LogP contribution in [-0.2, 0) is 27.5 Å². The van der Waals surface area contributed by atoms with Gasteiger partial charge in [-0.1, -0.05) is 36.4 Å². The van der Waals surface area contributed by atoms with E-state index in [0.717, 1.165) is 10.4 Å². The summed E-state index contributed by atoms with van der Waals surface area (Å²) < 4.78 is 0. The van der Waals surface area contributed by atoms with Gasteiger partial charge in [0.25, 0.3) is 0 Å². The summed E-state index contributed by atoms with van der Waals surface area (Å²) in [5.41, 5.74) is 1.05. The standard InChI is InChI=1S/C21H25N3O3S/c1-2-23(15-19(25)22-12-18-9-6-10-28-18)21(27)17-11-20(26)24(14-17)13-16-7-4-3-5-8-16/h3-10,17H,2,11-15H2,1H3,(H,22,25)/t17-/m1/s1. The lowest BCUT2D eigenvalue weighted by Gasteiger charge is -2.24. The number of nitrogens with one attached hydrogen (secondary N) is 1. The largest absolute Gasteiger partial charge is 0.350 e. The van der Waals surface area contributed by atoms with Gasteiger partial charge >= 0.3 is 0 Å². The normalized spacial score (nSPS) is 16.2. The number of carbonyl (C=O) groups is 3. The molecule has 1 aliphatic heterocycles. The van der Waals surface area contributed by atoms with Gasteiger partial charge in [-0.2, -0.15) is 0 Å². The van der Waals surface area contributed by atoms with E-state index in [1.54, 1.807) is 16.2 Å². The van der Waals surface area contributed by atoms with Crippen LogP contribution in [-0.4, -0.2) is 47.2 Å². The van der Waals surface area contributed by atoms with Gasteiger partial charge in [-0.25, -0.2) is 0 Å². The van der Waals surface area contributed by atoms with Crippen LogP contribution in [0.4, 0.5) is 0 Å². The molecule has 0 saturated carbocycles. The molecule has 1 atom stereocenters. The van der Waals surface area contributed by atoms with Crippen molar-refractivity contribution in [1.82, 2.24) is 15.1 Å². The highest BCUT2D eigenvalue weighted by Gasteiger charge is 2.36. The third-order valence-electron chi connectivity index (χ3n) is 4.85. The fraction of sp³-hybridized carbons (Fsp3) is 0.381. The number of likely N-dealkylation sites (tertiary alicyclic amines) is 1. The Morgan fingerprint density at radius 1 is 1.21 bits per heavy atom. The molecule has 7 heteroatoms. The average Bonchev–Trinajstić information content (AvgIpc) is 3.35. The molecule has 0 spiro atoms. The molecular formula is C21H25N3O3S. The van der Waals surface area contributed by atoms with Gasteiger partial charge in [-0.3, -0.25) is 14.4 Å². The van der Waals surface area contributed by atoms with Crippen LogP contribution in [0.25, 0.3) is 0 Å². The van der Waals surface area contributed by atoms with E-state index in [-0.39, 0.29) is 36.6 Å². The number of hydrogen-bond donors (Lipinski definition) is 1. The van der Waals surface area contributed by atoms with Crippen LogP contribution >= 0.6 is 11.3 Å². The highest BCUT2D eigenvalue weighted by molar-refractivity contribution is 7.09. The minimum absolute atomic E-state index is 0.0135. The van der Waals surface area contributed by atoms with Crippen molar-refractivity contribution in [3.05, 3.63) is 58.3 Å². The summed E-state index contributed by atoms with van der Waals surface area (Å²) in [4.78, 5) is 41.7. The maximum Gasteiger partial charge on any atom is 0.239 e. The fourth-order valence-corrected chi connectivity index (χ4v) is 3.97. The summed E-state index contributed by atoms with van der Waals surface area (Å²) in [5.74, 6) is -0.714. The zero-order chi connectivity index (χ0) is 19.9. The first-order chi connectivity index (χ1) is 13.6. The highest BCUT2D eigenvalue weighted by atomic mass is 32.1. The van der Waals surface area contributed by atoms with Crippen LogP contribution < -0.4 is 5.32 Å². The Balaban J connectivity index is 1.52. The molecule has 3 rings (SSSR count). The first kappa shape index (κ1) is 20.1. The molecule has 0 aliphatic carbocycles. The second-order valence-corrected chi connectivity index (χ2v) is 7.90. The number of amides is 3. The second kappa shape index (κ2) is 9.50. The van der Waals surface area contributed by atoms with E-state index < -0.39 is 0 Å². The predicted molar refractivity (Wildman–Crippen MR) is 108 cm³/mol. The number of thiophene rings is 1. The molecule has 148 valence electrons. The molecule has 2 heterocycles. The van der Waals surface area contributed by atoms with E-state index >= 15 is 0 Å². The quantitative estimate of drug-likeness (QED) is 0.740. The Kier molecular flexibility index (Phi) is 6.81. The SMILES string of the molecule is CCN(CC(=O)NCc1cccs1)C(=O)[C@@H]1CC(=O)N(Cc2ccccc2)C1. The van der Waals surface area contributed by atoms with Crippen LogP contribution in [0.3, 0.4) is 0 Å². The topological polar surface area (TPSA) is 69.7 Å². The Hall–Kier alpha value is -2.67. The molecule has 1 aromatic heterocycles. The van der Waals surface area contributed by atoms with Crippen molar-refractivity contribution in [3.8, 4) is 0 Å². The Labute approximate surface area is 169 Å². The summed E-state index contributed by atoms with van der Waals surface area (Å²) in [6.45, 7) is 3.69. The number of carbonyl (C=O) groups excluding carboxylic acids is 3. The van der Waals surface area contributed by atoms with Crippen molar-refractivity contribution in [2.75, 3.05) is 19.6 Å². The molecule has 1 N–H and O–H groups in total. The van der Waals surface area contributed by atoms with Crippen molar-refractivity contribution in [1.29, 1.82) is 0 Å². The van der Waals surface area contributed by atoms with Gasteiger partial charge in [-0.05, 0) is 23.9 Å². The van der Waals surface area contributed by atoms with E-state index in [4.69, 9.17) is 0 Å². The molecule has 2 aromatic rings. The first-order valence-electron chi connectivity index (χ1n) is 9.46. The lowest BCUT2D eigenvalue weighted by Crippen LogP contribution is -2.43. The number of hydrogen-bond acceptors (Lipinski definition) is 4. The number of rotatable bonds is 8. The van der Waals surface area contributed by atoms with Crippen LogP contribution in [0, 0.1) is 5.92 Å². The molecular weight excluding hydrogens is 374 g/mol. The van der Waals surface area contributed by atoms with Crippen LogP contribution in [0.5, 0.6) is 0 Å². The lowest BCUT2D eigenvalue weighted by molar-refractivity contribution is -0.139.